The van der Waals surface area contributed by atoms with Crippen molar-refractivity contribution in [3.05, 3.63) is 65.7 Å². The van der Waals surface area contributed by atoms with E-state index in [2.05, 4.69) is 10.3 Å². The number of benzene rings is 1. The molecule has 4 heteroatoms. The van der Waals surface area contributed by atoms with E-state index in [0.717, 1.165) is 18.4 Å². The quantitative estimate of drug-likeness (QED) is 0.798. The first kappa shape index (κ1) is 16.1. The van der Waals surface area contributed by atoms with E-state index in [1.807, 2.05) is 25.3 Å². The number of carbonyl (C=O) groups excluding carboxylic acids is 1. The van der Waals surface area contributed by atoms with Gasteiger partial charge < -0.3 is 5.32 Å². The molecule has 116 valence electrons. The number of nitrogens with one attached hydrogen (secondary N) is 1. The Morgan fingerprint density at radius 1 is 1.27 bits per heavy atom. The van der Waals surface area contributed by atoms with Gasteiger partial charge in [-0.15, -0.1) is 0 Å². The van der Waals surface area contributed by atoms with Crippen molar-refractivity contribution >= 4 is 5.91 Å². The maximum atomic E-state index is 13.6. The van der Waals surface area contributed by atoms with Gasteiger partial charge in [-0.3, -0.25) is 9.78 Å². The average molecular weight is 300 g/mol. The molecule has 1 aromatic heterocycles. The monoisotopic (exact) mass is 300 g/mol. The van der Waals surface area contributed by atoms with Gasteiger partial charge in [-0.1, -0.05) is 31.2 Å². The molecule has 1 amide bonds. The first-order chi connectivity index (χ1) is 10.7. The lowest BCUT2D eigenvalue weighted by Gasteiger charge is -2.12. The molecule has 1 aromatic carbocycles. The Morgan fingerprint density at radius 2 is 2.09 bits per heavy atom. The molecule has 0 aliphatic rings. The largest absolute Gasteiger partial charge is 0.356 e. The van der Waals surface area contributed by atoms with Gasteiger partial charge in [0.25, 0.3) is 0 Å². The van der Waals surface area contributed by atoms with Crippen molar-refractivity contribution in [2.45, 2.75) is 26.2 Å². The molecule has 3 nitrogen and oxygen atoms in total. The first-order valence-electron chi connectivity index (χ1n) is 7.57. The average Bonchev–Trinajstić information content (AvgIpc) is 2.54. The zero-order valence-electron chi connectivity index (χ0n) is 12.8. The van der Waals surface area contributed by atoms with Gasteiger partial charge >= 0.3 is 0 Å². The van der Waals surface area contributed by atoms with Crippen LogP contribution >= 0.6 is 0 Å². The third-order valence-electron chi connectivity index (χ3n) is 3.60. The highest BCUT2D eigenvalue weighted by molar-refractivity contribution is 5.78. The molecule has 0 radical (unpaired) electrons. The molecule has 1 heterocycles. The van der Waals surface area contributed by atoms with Crippen LogP contribution in [0.3, 0.4) is 0 Å². The van der Waals surface area contributed by atoms with Crippen molar-refractivity contribution in [1.29, 1.82) is 0 Å². The predicted molar refractivity (Wildman–Crippen MR) is 84.8 cm³/mol. The minimum atomic E-state index is -0.251. The SMILES string of the molecule is CC(Cc1ccccc1F)C(=O)NCCCc1cccnc1. The number of carbonyl (C=O) groups is 1. The lowest BCUT2D eigenvalue weighted by molar-refractivity contribution is -0.124. The van der Waals surface area contributed by atoms with E-state index in [1.54, 1.807) is 24.4 Å². The van der Waals surface area contributed by atoms with Crippen LogP contribution in [0.4, 0.5) is 4.39 Å². The van der Waals surface area contributed by atoms with Crippen LogP contribution in [0.2, 0.25) is 0 Å². The Bertz CT molecular complexity index is 601. The standard InChI is InChI=1S/C18H21FN2O/c1-14(12-16-8-2-3-9-17(16)19)18(22)21-11-5-7-15-6-4-10-20-13-15/h2-4,6,8-10,13-14H,5,7,11-12H2,1H3,(H,21,22). The molecule has 1 N–H and O–H groups in total. The molecule has 2 rings (SSSR count). The number of aromatic nitrogens is 1. The topological polar surface area (TPSA) is 42.0 Å². The Morgan fingerprint density at radius 3 is 2.82 bits per heavy atom. The second-order valence-corrected chi connectivity index (χ2v) is 5.45. The summed E-state index contributed by atoms with van der Waals surface area (Å²) in [6.07, 6.45) is 5.75. The van der Waals surface area contributed by atoms with Crippen molar-refractivity contribution in [3.63, 3.8) is 0 Å². The molecule has 0 bridgehead atoms. The van der Waals surface area contributed by atoms with Crippen molar-refractivity contribution in [1.82, 2.24) is 10.3 Å². The van der Waals surface area contributed by atoms with Crippen molar-refractivity contribution in [2.24, 2.45) is 5.92 Å². The highest BCUT2D eigenvalue weighted by atomic mass is 19.1. The Balaban J connectivity index is 1.71. The second-order valence-electron chi connectivity index (χ2n) is 5.45. The summed E-state index contributed by atoms with van der Waals surface area (Å²) in [5, 5.41) is 2.91. The van der Waals surface area contributed by atoms with E-state index < -0.39 is 0 Å². The van der Waals surface area contributed by atoms with Gasteiger partial charge in [-0.05, 0) is 42.5 Å². The normalized spacial score (nSPS) is 11.9. The number of halogens is 1. The predicted octanol–water partition coefficient (Wildman–Crippen LogP) is 3.15. The maximum absolute atomic E-state index is 13.6. The Kier molecular flexibility index (Phi) is 6.07. The van der Waals surface area contributed by atoms with E-state index >= 15 is 0 Å². The highest BCUT2D eigenvalue weighted by Gasteiger charge is 2.14. The molecule has 0 saturated heterocycles. The first-order valence-corrected chi connectivity index (χ1v) is 7.57. The molecule has 0 fully saturated rings. The molecule has 2 aromatic rings. The second kappa shape index (κ2) is 8.27. The summed E-state index contributed by atoms with van der Waals surface area (Å²) in [6.45, 7) is 2.44. The molecule has 0 aliphatic carbocycles. The van der Waals surface area contributed by atoms with Gasteiger partial charge in [-0.25, -0.2) is 4.39 Å². The fourth-order valence-electron chi connectivity index (χ4n) is 2.31. The van der Waals surface area contributed by atoms with E-state index in [1.165, 1.54) is 6.07 Å². The van der Waals surface area contributed by atoms with Crippen LogP contribution in [0.5, 0.6) is 0 Å². The van der Waals surface area contributed by atoms with Crippen molar-refractivity contribution in [2.75, 3.05) is 6.54 Å². The lowest BCUT2D eigenvalue weighted by atomic mass is 10.00. The summed E-state index contributed by atoms with van der Waals surface area (Å²) >= 11 is 0. The molecular weight excluding hydrogens is 279 g/mol. The molecular formula is C18H21FN2O. The summed E-state index contributed by atoms with van der Waals surface area (Å²) in [5.41, 5.74) is 1.75. The number of nitrogens with zero attached hydrogens (tertiary/aromatic N) is 1. The third kappa shape index (κ3) is 4.95. The molecule has 0 aliphatic heterocycles. The molecule has 0 saturated carbocycles. The summed E-state index contributed by atoms with van der Waals surface area (Å²) < 4.78 is 13.6. The number of amides is 1. The smallest absolute Gasteiger partial charge is 0.223 e. The lowest BCUT2D eigenvalue weighted by Crippen LogP contribution is -2.31. The van der Waals surface area contributed by atoms with Gasteiger partial charge in [0.05, 0.1) is 0 Å². The van der Waals surface area contributed by atoms with Gasteiger partial charge in [0.1, 0.15) is 5.82 Å². The molecule has 1 unspecified atom stereocenters. The van der Waals surface area contributed by atoms with Gasteiger partial charge in [-0.2, -0.15) is 0 Å². The van der Waals surface area contributed by atoms with E-state index in [0.29, 0.717) is 18.5 Å². The minimum absolute atomic E-state index is 0.0329. The van der Waals surface area contributed by atoms with Crippen molar-refractivity contribution in [3.8, 4) is 0 Å². The summed E-state index contributed by atoms with van der Waals surface area (Å²) in [4.78, 5) is 16.1. The van der Waals surface area contributed by atoms with Crippen molar-refractivity contribution < 1.29 is 9.18 Å². The van der Waals surface area contributed by atoms with Crippen LogP contribution in [0.25, 0.3) is 0 Å². The van der Waals surface area contributed by atoms with E-state index in [9.17, 15) is 9.18 Å². The minimum Gasteiger partial charge on any atom is -0.356 e. The van der Waals surface area contributed by atoms with Crippen LogP contribution in [-0.4, -0.2) is 17.4 Å². The van der Waals surface area contributed by atoms with E-state index in [-0.39, 0.29) is 17.6 Å². The van der Waals surface area contributed by atoms with Crippen LogP contribution in [0.1, 0.15) is 24.5 Å². The van der Waals surface area contributed by atoms with Gasteiger partial charge in [0, 0.05) is 24.9 Å². The fourth-order valence-corrected chi connectivity index (χ4v) is 2.31. The zero-order chi connectivity index (χ0) is 15.8. The number of hydrogen-bond acceptors (Lipinski definition) is 2. The van der Waals surface area contributed by atoms with Gasteiger partial charge in [0.2, 0.25) is 5.91 Å². The molecule has 22 heavy (non-hydrogen) atoms. The number of pyridine rings is 1. The van der Waals surface area contributed by atoms with E-state index in [4.69, 9.17) is 0 Å². The summed E-state index contributed by atoms with van der Waals surface area (Å²) in [5.74, 6) is -0.525. The summed E-state index contributed by atoms with van der Waals surface area (Å²) in [7, 11) is 0. The van der Waals surface area contributed by atoms with Gasteiger partial charge in [0.15, 0.2) is 0 Å². The fraction of sp³-hybridized carbons (Fsp3) is 0.333. The molecule has 1 atom stereocenters. The number of hydrogen-bond donors (Lipinski definition) is 1. The number of aryl methyl sites for hydroxylation is 1. The Hall–Kier alpha value is -2.23. The zero-order valence-corrected chi connectivity index (χ0v) is 12.8. The highest BCUT2D eigenvalue weighted by Crippen LogP contribution is 2.12. The third-order valence-corrected chi connectivity index (χ3v) is 3.60. The Labute approximate surface area is 130 Å². The molecule has 0 spiro atoms. The maximum Gasteiger partial charge on any atom is 0.223 e. The van der Waals surface area contributed by atoms with Crippen LogP contribution in [-0.2, 0) is 17.6 Å². The number of rotatable bonds is 7. The van der Waals surface area contributed by atoms with Crippen LogP contribution < -0.4 is 5.32 Å². The van der Waals surface area contributed by atoms with Crippen LogP contribution in [0, 0.1) is 11.7 Å². The summed E-state index contributed by atoms with van der Waals surface area (Å²) in [6, 6.07) is 10.5. The van der Waals surface area contributed by atoms with Crippen LogP contribution in [0.15, 0.2) is 48.8 Å².